The van der Waals surface area contributed by atoms with Crippen molar-refractivity contribution in [3.8, 4) is 0 Å². The molecule has 1 aliphatic rings. The predicted molar refractivity (Wildman–Crippen MR) is 111 cm³/mol. The van der Waals surface area contributed by atoms with Crippen LogP contribution in [0.5, 0.6) is 0 Å². The van der Waals surface area contributed by atoms with E-state index in [9.17, 15) is 9.90 Å². The predicted octanol–water partition coefficient (Wildman–Crippen LogP) is 3.76. The molecule has 1 fully saturated rings. The van der Waals surface area contributed by atoms with E-state index >= 15 is 0 Å². The topological polar surface area (TPSA) is 73.8 Å². The molecule has 1 aromatic carbocycles. The molecule has 0 bridgehead atoms. The molecule has 1 heterocycles. The first-order valence-corrected chi connectivity index (χ1v) is 10.1. The van der Waals surface area contributed by atoms with Crippen LogP contribution in [-0.4, -0.2) is 59.9 Å². The van der Waals surface area contributed by atoms with Crippen LogP contribution in [0.3, 0.4) is 0 Å². The number of carbonyl (C=O) groups excluding carboxylic acids is 1. The molecule has 1 amide bonds. The minimum absolute atomic E-state index is 0.217. The van der Waals surface area contributed by atoms with Gasteiger partial charge in [0.05, 0.1) is 12.0 Å². The second-order valence-corrected chi connectivity index (χ2v) is 8.39. The zero-order valence-corrected chi connectivity index (χ0v) is 17.3. The zero-order valence-electron chi connectivity index (χ0n) is 16.5. The van der Waals surface area contributed by atoms with Gasteiger partial charge in [0.1, 0.15) is 5.60 Å². The number of amides is 1. The Kier molecular flexibility index (Phi) is 8.05. The Bertz CT molecular complexity index is 589. The summed E-state index contributed by atoms with van der Waals surface area (Å²) in [5.41, 5.74) is 1.52. The summed E-state index contributed by atoms with van der Waals surface area (Å²) in [6, 6.07) is 7.95. The fourth-order valence-corrected chi connectivity index (χ4v) is 3.09. The molecule has 0 saturated carbocycles. The molecule has 0 radical (unpaired) electrons. The molecular weight excluding hydrogens is 366 g/mol. The number of ether oxygens (including phenoxy) is 1. The Balaban J connectivity index is 1.77. The third-order valence-corrected chi connectivity index (χ3v) is 4.73. The fraction of sp³-hybridized carbons (Fsp3) is 0.650. The van der Waals surface area contributed by atoms with Crippen LogP contribution in [0.25, 0.3) is 0 Å². The molecule has 0 aromatic heterocycles. The van der Waals surface area contributed by atoms with Crippen molar-refractivity contribution in [2.75, 3.05) is 42.7 Å². The standard InChI is InChI=1S/C20H32ClN3O3/c1-20(2,3)27-19(26)24-10-4-5-15(14-24)12-22-16-6-8-17(9-7-16)23-13-18(25)11-21/h6-9,15,18,22-23,25H,4-5,10-14H2,1-3H3. The number of nitrogens with zero attached hydrogens (tertiary/aromatic N) is 1. The summed E-state index contributed by atoms with van der Waals surface area (Å²) < 4.78 is 5.48. The second kappa shape index (κ2) is 10.0. The first kappa shape index (κ1) is 21.6. The minimum atomic E-state index is -0.552. The number of aliphatic hydroxyl groups is 1. The lowest BCUT2D eigenvalue weighted by atomic mass is 9.98. The summed E-state index contributed by atoms with van der Waals surface area (Å²) >= 11 is 5.59. The van der Waals surface area contributed by atoms with E-state index in [1.165, 1.54) is 0 Å². The quantitative estimate of drug-likeness (QED) is 0.611. The number of alkyl halides is 1. The number of halogens is 1. The number of nitrogens with one attached hydrogen (secondary N) is 2. The number of rotatable bonds is 7. The highest BCUT2D eigenvalue weighted by atomic mass is 35.5. The molecule has 1 aromatic rings. The molecule has 2 rings (SSSR count). The minimum Gasteiger partial charge on any atom is -0.444 e. The molecule has 7 heteroatoms. The number of piperidine rings is 1. The summed E-state index contributed by atoms with van der Waals surface area (Å²) in [6.07, 6.45) is 1.32. The van der Waals surface area contributed by atoms with E-state index in [0.717, 1.165) is 43.9 Å². The van der Waals surface area contributed by atoms with Crippen molar-refractivity contribution in [3.05, 3.63) is 24.3 Å². The lowest BCUT2D eigenvalue weighted by Crippen LogP contribution is -2.44. The zero-order chi connectivity index (χ0) is 19.9. The van der Waals surface area contributed by atoms with E-state index in [1.54, 1.807) is 0 Å². The van der Waals surface area contributed by atoms with Crippen LogP contribution in [0.2, 0.25) is 0 Å². The van der Waals surface area contributed by atoms with Crippen molar-refractivity contribution in [1.82, 2.24) is 4.90 Å². The Labute approximate surface area is 167 Å². The van der Waals surface area contributed by atoms with Crippen molar-refractivity contribution in [3.63, 3.8) is 0 Å². The first-order chi connectivity index (χ1) is 12.8. The molecule has 152 valence electrons. The molecular formula is C20H32ClN3O3. The van der Waals surface area contributed by atoms with Crippen molar-refractivity contribution in [2.45, 2.75) is 45.3 Å². The summed E-state index contributed by atoms with van der Waals surface area (Å²) in [5, 5.41) is 16.1. The SMILES string of the molecule is CC(C)(C)OC(=O)N1CCCC(CNc2ccc(NCC(O)CCl)cc2)C1. The number of hydrogen-bond donors (Lipinski definition) is 3. The number of carbonyl (C=O) groups is 1. The number of aliphatic hydroxyl groups excluding tert-OH is 1. The van der Waals surface area contributed by atoms with Crippen LogP contribution in [0, 0.1) is 5.92 Å². The lowest BCUT2D eigenvalue weighted by molar-refractivity contribution is 0.0172. The van der Waals surface area contributed by atoms with Gasteiger partial charge in [0.15, 0.2) is 0 Å². The smallest absolute Gasteiger partial charge is 0.410 e. The monoisotopic (exact) mass is 397 g/mol. The Morgan fingerprint density at radius 2 is 1.93 bits per heavy atom. The summed E-state index contributed by atoms with van der Waals surface area (Å²) in [6.45, 7) is 8.40. The Morgan fingerprint density at radius 1 is 1.30 bits per heavy atom. The highest BCUT2D eigenvalue weighted by molar-refractivity contribution is 6.18. The fourth-order valence-electron chi connectivity index (χ4n) is 2.98. The molecule has 6 nitrogen and oxygen atoms in total. The van der Waals surface area contributed by atoms with Crippen molar-refractivity contribution in [1.29, 1.82) is 0 Å². The van der Waals surface area contributed by atoms with E-state index < -0.39 is 11.7 Å². The number of hydrogen-bond acceptors (Lipinski definition) is 5. The van der Waals surface area contributed by atoms with Crippen LogP contribution in [0.4, 0.5) is 16.2 Å². The molecule has 2 unspecified atom stereocenters. The third-order valence-electron chi connectivity index (χ3n) is 4.37. The molecule has 1 saturated heterocycles. The Hall–Kier alpha value is -1.66. The van der Waals surface area contributed by atoms with Crippen molar-refractivity contribution < 1.29 is 14.6 Å². The first-order valence-electron chi connectivity index (χ1n) is 9.56. The largest absolute Gasteiger partial charge is 0.444 e. The summed E-state index contributed by atoms with van der Waals surface area (Å²) in [7, 11) is 0. The number of anilines is 2. The normalized spacial score (nSPS) is 18.7. The van der Waals surface area contributed by atoms with Crippen LogP contribution in [0.15, 0.2) is 24.3 Å². The third kappa shape index (κ3) is 7.85. The average molecular weight is 398 g/mol. The van der Waals surface area contributed by atoms with Crippen LogP contribution >= 0.6 is 11.6 Å². The van der Waals surface area contributed by atoms with Crippen LogP contribution in [-0.2, 0) is 4.74 Å². The summed E-state index contributed by atoms with van der Waals surface area (Å²) in [4.78, 5) is 14.1. The van der Waals surface area contributed by atoms with Gasteiger partial charge in [0.25, 0.3) is 0 Å². The maximum Gasteiger partial charge on any atom is 0.410 e. The molecule has 27 heavy (non-hydrogen) atoms. The van der Waals surface area contributed by atoms with Gasteiger partial charge in [-0.15, -0.1) is 11.6 Å². The van der Waals surface area contributed by atoms with Gasteiger partial charge < -0.3 is 25.4 Å². The van der Waals surface area contributed by atoms with Gasteiger partial charge in [-0.05, 0) is 63.8 Å². The van der Waals surface area contributed by atoms with Gasteiger partial charge in [-0.3, -0.25) is 0 Å². The lowest BCUT2D eigenvalue weighted by Gasteiger charge is -2.34. The number of likely N-dealkylation sites (tertiary alicyclic amines) is 1. The Morgan fingerprint density at radius 3 is 2.52 bits per heavy atom. The maximum atomic E-state index is 12.3. The molecule has 3 N–H and O–H groups in total. The molecule has 0 spiro atoms. The van der Waals surface area contributed by atoms with Gasteiger partial charge in [-0.1, -0.05) is 0 Å². The molecule has 0 aliphatic carbocycles. The van der Waals surface area contributed by atoms with E-state index in [2.05, 4.69) is 10.6 Å². The highest BCUT2D eigenvalue weighted by Crippen LogP contribution is 2.21. The van der Waals surface area contributed by atoms with Crippen molar-refractivity contribution >= 4 is 29.1 Å². The average Bonchev–Trinajstić information content (AvgIpc) is 2.64. The molecule has 2 atom stereocenters. The van der Waals surface area contributed by atoms with Gasteiger partial charge in [-0.25, -0.2) is 4.79 Å². The van der Waals surface area contributed by atoms with Crippen LogP contribution < -0.4 is 10.6 Å². The highest BCUT2D eigenvalue weighted by Gasteiger charge is 2.27. The van der Waals surface area contributed by atoms with Gasteiger partial charge in [0.2, 0.25) is 0 Å². The van der Waals surface area contributed by atoms with E-state index in [0.29, 0.717) is 12.5 Å². The molecule has 1 aliphatic heterocycles. The van der Waals surface area contributed by atoms with Crippen LogP contribution in [0.1, 0.15) is 33.6 Å². The van der Waals surface area contributed by atoms with Gasteiger partial charge in [0, 0.05) is 37.6 Å². The maximum absolute atomic E-state index is 12.3. The van der Waals surface area contributed by atoms with E-state index in [4.69, 9.17) is 16.3 Å². The van der Waals surface area contributed by atoms with Gasteiger partial charge >= 0.3 is 6.09 Å². The van der Waals surface area contributed by atoms with Crippen molar-refractivity contribution in [2.24, 2.45) is 5.92 Å². The van der Waals surface area contributed by atoms with E-state index in [-0.39, 0.29) is 12.0 Å². The second-order valence-electron chi connectivity index (χ2n) is 8.08. The van der Waals surface area contributed by atoms with E-state index in [1.807, 2.05) is 49.9 Å². The number of benzene rings is 1. The van der Waals surface area contributed by atoms with Gasteiger partial charge in [-0.2, -0.15) is 0 Å². The summed E-state index contributed by atoms with van der Waals surface area (Å²) in [5.74, 6) is 0.622.